The van der Waals surface area contributed by atoms with Gasteiger partial charge in [-0.15, -0.1) is 0 Å². The van der Waals surface area contributed by atoms with Gasteiger partial charge in [0, 0.05) is 25.3 Å². The van der Waals surface area contributed by atoms with Crippen LogP contribution in [0.4, 0.5) is 0 Å². The molecule has 6 nitrogen and oxygen atoms in total. The molecule has 0 aromatic carbocycles. The molecule has 6 unspecified atom stereocenters. The summed E-state index contributed by atoms with van der Waals surface area (Å²) in [4.78, 5) is 35.5. The maximum atomic E-state index is 12.4. The highest BCUT2D eigenvalue weighted by Gasteiger charge is 2.41. The number of allylic oxidation sites excluding steroid dienone is 2. The molecule has 6 heteroatoms. The van der Waals surface area contributed by atoms with Gasteiger partial charge in [-0.3, -0.25) is 9.59 Å². The molecule has 1 saturated carbocycles. The van der Waals surface area contributed by atoms with Gasteiger partial charge in [0.15, 0.2) is 0 Å². The molecule has 1 fully saturated rings. The average molecular weight is 423 g/mol. The largest absolute Gasteiger partial charge is 0.462 e. The summed E-state index contributed by atoms with van der Waals surface area (Å²) in [7, 11) is 0. The van der Waals surface area contributed by atoms with Crippen molar-refractivity contribution in [2.45, 2.75) is 93.0 Å². The van der Waals surface area contributed by atoms with Crippen molar-refractivity contribution in [1.82, 2.24) is 0 Å². The Morgan fingerprint density at radius 2 is 1.60 bits per heavy atom. The van der Waals surface area contributed by atoms with Crippen LogP contribution in [-0.4, -0.2) is 36.2 Å². The number of esters is 3. The lowest BCUT2D eigenvalue weighted by atomic mass is 9.71. The summed E-state index contributed by atoms with van der Waals surface area (Å²) in [5.74, 6) is -0.795. The highest BCUT2D eigenvalue weighted by molar-refractivity contribution is 5.87. The van der Waals surface area contributed by atoms with Crippen LogP contribution in [0.5, 0.6) is 0 Å². The van der Waals surface area contributed by atoms with Gasteiger partial charge in [-0.25, -0.2) is 4.79 Å². The SMILES string of the molecule is CC=C(C)C(=O)OC1CC(C)C(OC(C)=O)CC1C(C)CC(C=C(C)C)OC(C)=O. The molecule has 0 saturated heterocycles. The quantitative estimate of drug-likeness (QED) is 0.243. The topological polar surface area (TPSA) is 78.9 Å². The molecule has 170 valence electrons. The van der Waals surface area contributed by atoms with E-state index in [0.29, 0.717) is 24.8 Å². The summed E-state index contributed by atoms with van der Waals surface area (Å²) >= 11 is 0. The molecular weight excluding hydrogens is 384 g/mol. The Balaban J connectivity index is 3.08. The molecule has 0 N–H and O–H groups in total. The summed E-state index contributed by atoms with van der Waals surface area (Å²) in [6.45, 7) is 14.4. The fraction of sp³-hybridized carbons (Fsp3) is 0.708. The second-order valence-electron chi connectivity index (χ2n) is 8.78. The second kappa shape index (κ2) is 11.9. The number of hydrogen-bond acceptors (Lipinski definition) is 6. The van der Waals surface area contributed by atoms with E-state index < -0.39 is 0 Å². The lowest BCUT2D eigenvalue weighted by molar-refractivity contribution is -0.166. The van der Waals surface area contributed by atoms with Crippen LogP contribution in [0.2, 0.25) is 0 Å². The molecule has 0 amide bonds. The average Bonchev–Trinajstić information content (AvgIpc) is 2.61. The van der Waals surface area contributed by atoms with Crippen molar-refractivity contribution < 1.29 is 28.6 Å². The zero-order valence-corrected chi connectivity index (χ0v) is 19.7. The zero-order chi connectivity index (χ0) is 23.0. The summed E-state index contributed by atoms with van der Waals surface area (Å²) < 4.78 is 16.9. The maximum Gasteiger partial charge on any atom is 0.333 e. The van der Waals surface area contributed by atoms with E-state index in [1.54, 1.807) is 19.9 Å². The maximum absolute atomic E-state index is 12.4. The van der Waals surface area contributed by atoms with Crippen LogP contribution in [0.3, 0.4) is 0 Å². The van der Waals surface area contributed by atoms with E-state index in [2.05, 4.69) is 6.92 Å². The first-order chi connectivity index (χ1) is 13.9. The third-order valence-electron chi connectivity index (χ3n) is 5.72. The molecule has 0 radical (unpaired) electrons. The second-order valence-corrected chi connectivity index (χ2v) is 8.78. The van der Waals surface area contributed by atoms with Crippen molar-refractivity contribution in [3.05, 3.63) is 23.3 Å². The predicted molar refractivity (Wildman–Crippen MR) is 116 cm³/mol. The molecule has 0 aromatic rings. The summed E-state index contributed by atoms with van der Waals surface area (Å²) in [5, 5.41) is 0. The predicted octanol–water partition coefficient (Wildman–Crippen LogP) is 4.77. The molecular formula is C24H38O6. The van der Waals surface area contributed by atoms with E-state index in [-0.39, 0.29) is 54.0 Å². The third kappa shape index (κ3) is 8.33. The van der Waals surface area contributed by atoms with Crippen molar-refractivity contribution in [1.29, 1.82) is 0 Å². The number of carbonyl (C=O) groups is 3. The molecule has 1 aliphatic carbocycles. The van der Waals surface area contributed by atoms with Gasteiger partial charge in [0.2, 0.25) is 0 Å². The summed E-state index contributed by atoms with van der Waals surface area (Å²) in [5.41, 5.74) is 1.63. The van der Waals surface area contributed by atoms with Crippen LogP contribution in [0.15, 0.2) is 23.3 Å². The van der Waals surface area contributed by atoms with Gasteiger partial charge in [0.1, 0.15) is 18.3 Å². The minimum absolute atomic E-state index is 0.0113. The van der Waals surface area contributed by atoms with Gasteiger partial charge >= 0.3 is 17.9 Å². The Hall–Kier alpha value is -2.11. The highest BCUT2D eigenvalue weighted by atomic mass is 16.6. The first kappa shape index (κ1) is 25.9. The van der Waals surface area contributed by atoms with Crippen LogP contribution >= 0.6 is 0 Å². The van der Waals surface area contributed by atoms with Gasteiger partial charge in [0.05, 0.1) is 0 Å². The lowest BCUT2D eigenvalue weighted by Crippen LogP contribution is -2.44. The van der Waals surface area contributed by atoms with Crippen LogP contribution in [0, 0.1) is 17.8 Å². The first-order valence-electron chi connectivity index (χ1n) is 10.8. The monoisotopic (exact) mass is 422 g/mol. The molecule has 0 aromatic heterocycles. The Kier molecular flexibility index (Phi) is 10.3. The van der Waals surface area contributed by atoms with Gasteiger partial charge < -0.3 is 14.2 Å². The van der Waals surface area contributed by atoms with Crippen LogP contribution in [0.1, 0.15) is 74.7 Å². The number of hydrogen-bond donors (Lipinski definition) is 0. The fourth-order valence-electron chi connectivity index (χ4n) is 4.08. The smallest absolute Gasteiger partial charge is 0.333 e. The summed E-state index contributed by atoms with van der Waals surface area (Å²) in [6.07, 6.45) is 4.66. The molecule has 0 aliphatic heterocycles. The fourth-order valence-corrected chi connectivity index (χ4v) is 4.08. The van der Waals surface area contributed by atoms with Crippen LogP contribution in [-0.2, 0) is 28.6 Å². The van der Waals surface area contributed by atoms with Gasteiger partial charge in [-0.05, 0) is 64.9 Å². The number of carbonyl (C=O) groups excluding carboxylic acids is 3. The van der Waals surface area contributed by atoms with E-state index >= 15 is 0 Å². The van der Waals surface area contributed by atoms with Crippen molar-refractivity contribution in [3.63, 3.8) is 0 Å². The lowest BCUT2D eigenvalue weighted by Gasteiger charge is -2.42. The van der Waals surface area contributed by atoms with Crippen LogP contribution in [0.25, 0.3) is 0 Å². The Bertz CT molecular complexity index is 673. The van der Waals surface area contributed by atoms with E-state index in [9.17, 15) is 14.4 Å². The number of rotatable bonds is 8. The summed E-state index contributed by atoms with van der Waals surface area (Å²) in [6, 6.07) is 0. The number of ether oxygens (including phenoxy) is 3. The molecule has 6 atom stereocenters. The standard InChI is InChI=1S/C24H38O6/c1-9-15(4)24(27)30-23-12-17(6)22(29-19(8)26)13-21(23)16(5)11-20(10-14(2)3)28-18(7)25/h9-10,16-17,20-23H,11-13H2,1-8H3. The first-order valence-corrected chi connectivity index (χ1v) is 10.8. The van der Waals surface area contributed by atoms with E-state index in [4.69, 9.17) is 14.2 Å². The normalized spacial score (nSPS) is 26.2. The Labute approximate surface area is 181 Å². The molecule has 1 rings (SSSR count). The van der Waals surface area contributed by atoms with Crippen molar-refractivity contribution in [3.8, 4) is 0 Å². The minimum Gasteiger partial charge on any atom is -0.462 e. The molecule has 0 heterocycles. The Morgan fingerprint density at radius 1 is 0.967 bits per heavy atom. The molecule has 1 aliphatic rings. The van der Waals surface area contributed by atoms with Crippen molar-refractivity contribution in [2.75, 3.05) is 0 Å². The van der Waals surface area contributed by atoms with E-state index in [1.807, 2.05) is 26.8 Å². The van der Waals surface area contributed by atoms with Crippen molar-refractivity contribution in [2.24, 2.45) is 17.8 Å². The third-order valence-corrected chi connectivity index (χ3v) is 5.72. The highest BCUT2D eigenvalue weighted by Crippen LogP contribution is 2.39. The van der Waals surface area contributed by atoms with Gasteiger partial charge in [0.25, 0.3) is 0 Å². The zero-order valence-electron chi connectivity index (χ0n) is 19.7. The van der Waals surface area contributed by atoms with E-state index in [1.165, 1.54) is 13.8 Å². The minimum atomic E-state index is -0.345. The molecule has 0 bridgehead atoms. The van der Waals surface area contributed by atoms with Gasteiger partial charge in [-0.1, -0.05) is 25.5 Å². The van der Waals surface area contributed by atoms with Gasteiger partial charge in [-0.2, -0.15) is 0 Å². The molecule has 30 heavy (non-hydrogen) atoms. The molecule has 0 spiro atoms. The Morgan fingerprint density at radius 3 is 2.10 bits per heavy atom. The van der Waals surface area contributed by atoms with Crippen molar-refractivity contribution >= 4 is 17.9 Å². The van der Waals surface area contributed by atoms with E-state index in [0.717, 1.165) is 5.57 Å². The van der Waals surface area contributed by atoms with Crippen LogP contribution < -0.4 is 0 Å².